The van der Waals surface area contributed by atoms with Gasteiger partial charge in [-0.25, -0.2) is 8.42 Å². The van der Waals surface area contributed by atoms with Crippen molar-refractivity contribution in [3.8, 4) is 0 Å². The smallest absolute Gasteiger partial charge is 0.255 e. The lowest BCUT2D eigenvalue weighted by Crippen LogP contribution is -2.12. The molecular formula is C21H20N2O3S2. The van der Waals surface area contributed by atoms with E-state index in [1.54, 1.807) is 42.2 Å². The van der Waals surface area contributed by atoms with E-state index < -0.39 is 9.84 Å². The molecule has 0 radical (unpaired) electrons. The van der Waals surface area contributed by atoms with E-state index in [2.05, 4.69) is 10.3 Å². The zero-order chi connectivity index (χ0) is 20.0. The van der Waals surface area contributed by atoms with Gasteiger partial charge in [-0.2, -0.15) is 0 Å². The average Bonchev–Trinajstić information content (AvgIpc) is 2.67. The molecule has 3 aromatic rings. The number of pyridine rings is 1. The molecule has 0 unspecified atom stereocenters. The highest BCUT2D eigenvalue weighted by Gasteiger charge is 2.08. The number of amides is 1. The lowest BCUT2D eigenvalue weighted by Gasteiger charge is -2.07. The topological polar surface area (TPSA) is 76.1 Å². The van der Waals surface area contributed by atoms with Crippen LogP contribution >= 0.6 is 11.8 Å². The van der Waals surface area contributed by atoms with Gasteiger partial charge in [-0.15, -0.1) is 11.8 Å². The molecular weight excluding hydrogens is 392 g/mol. The molecule has 144 valence electrons. The van der Waals surface area contributed by atoms with E-state index in [-0.39, 0.29) is 11.7 Å². The third kappa shape index (κ3) is 6.21. The summed E-state index contributed by atoms with van der Waals surface area (Å²) in [5, 5.41) is 2.85. The Balaban J connectivity index is 1.56. The molecule has 2 aromatic carbocycles. The largest absolute Gasteiger partial charge is 0.322 e. The summed E-state index contributed by atoms with van der Waals surface area (Å²) in [6.07, 6.45) is 4.79. The third-order valence-electron chi connectivity index (χ3n) is 3.89. The molecule has 0 atom stereocenters. The molecule has 0 saturated heterocycles. The van der Waals surface area contributed by atoms with Crippen LogP contribution in [0, 0.1) is 0 Å². The minimum absolute atomic E-state index is 0.0347. The molecule has 0 aliphatic rings. The second-order valence-corrected chi connectivity index (χ2v) is 9.58. The Labute approximate surface area is 169 Å². The normalized spacial score (nSPS) is 11.2. The zero-order valence-corrected chi connectivity index (χ0v) is 17.0. The maximum Gasteiger partial charge on any atom is 0.255 e. The highest BCUT2D eigenvalue weighted by molar-refractivity contribution is 7.98. The number of hydrogen-bond donors (Lipinski definition) is 1. The maximum atomic E-state index is 12.4. The van der Waals surface area contributed by atoms with Gasteiger partial charge in [0.05, 0.1) is 5.75 Å². The molecule has 0 saturated carbocycles. The number of aromatic nitrogens is 1. The minimum atomic E-state index is -3.09. The van der Waals surface area contributed by atoms with Crippen LogP contribution in [0.5, 0.6) is 0 Å². The van der Waals surface area contributed by atoms with Crippen LogP contribution in [0.3, 0.4) is 0 Å². The van der Waals surface area contributed by atoms with Gasteiger partial charge in [0.15, 0.2) is 9.84 Å². The predicted molar refractivity (Wildman–Crippen MR) is 113 cm³/mol. The molecule has 1 N–H and O–H groups in total. The summed E-state index contributed by atoms with van der Waals surface area (Å²) in [6.45, 7) is 0. The fourth-order valence-corrected chi connectivity index (χ4v) is 4.17. The molecule has 1 aromatic heterocycles. The summed E-state index contributed by atoms with van der Waals surface area (Å²) >= 11 is 1.70. The van der Waals surface area contributed by atoms with E-state index in [9.17, 15) is 13.2 Å². The zero-order valence-electron chi connectivity index (χ0n) is 15.3. The van der Waals surface area contributed by atoms with Gasteiger partial charge in [-0.05, 0) is 53.6 Å². The van der Waals surface area contributed by atoms with Gasteiger partial charge in [0.2, 0.25) is 0 Å². The summed E-state index contributed by atoms with van der Waals surface area (Å²) in [4.78, 5) is 17.6. The van der Waals surface area contributed by atoms with Crippen molar-refractivity contribution in [2.45, 2.75) is 16.4 Å². The Morgan fingerprint density at radius 3 is 2.32 bits per heavy atom. The Morgan fingerprint density at radius 1 is 1.00 bits per heavy atom. The monoisotopic (exact) mass is 412 g/mol. The maximum absolute atomic E-state index is 12.4. The number of carbonyl (C=O) groups excluding carboxylic acids is 1. The van der Waals surface area contributed by atoms with Gasteiger partial charge in [0, 0.05) is 40.5 Å². The second-order valence-electron chi connectivity index (χ2n) is 6.40. The molecule has 28 heavy (non-hydrogen) atoms. The van der Waals surface area contributed by atoms with Crippen molar-refractivity contribution in [1.82, 2.24) is 4.98 Å². The first kappa shape index (κ1) is 20.1. The van der Waals surface area contributed by atoms with E-state index >= 15 is 0 Å². The van der Waals surface area contributed by atoms with Crippen molar-refractivity contribution >= 4 is 33.2 Å². The Hall–Kier alpha value is -2.64. The average molecular weight is 413 g/mol. The molecule has 3 rings (SSSR count). The lowest BCUT2D eigenvalue weighted by molar-refractivity contribution is 0.102. The first-order valence-corrected chi connectivity index (χ1v) is 11.6. The molecule has 1 amide bonds. The van der Waals surface area contributed by atoms with Crippen molar-refractivity contribution in [3.05, 3.63) is 89.7 Å². The first-order chi connectivity index (χ1) is 13.4. The molecule has 7 heteroatoms. The summed E-state index contributed by atoms with van der Waals surface area (Å²) in [5.41, 5.74) is 3.00. The molecule has 0 spiro atoms. The predicted octanol–water partition coefficient (Wildman–Crippen LogP) is 4.17. The van der Waals surface area contributed by atoms with E-state index in [1.165, 1.54) is 6.26 Å². The quantitative estimate of drug-likeness (QED) is 0.590. The molecule has 0 fully saturated rings. The Morgan fingerprint density at radius 2 is 1.71 bits per heavy atom. The number of hydrogen-bond acceptors (Lipinski definition) is 5. The summed E-state index contributed by atoms with van der Waals surface area (Å²) < 4.78 is 22.7. The van der Waals surface area contributed by atoms with E-state index in [1.807, 2.05) is 42.6 Å². The summed E-state index contributed by atoms with van der Waals surface area (Å²) in [5.74, 6) is 0.563. The highest BCUT2D eigenvalue weighted by Crippen LogP contribution is 2.24. The van der Waals surface area contributed by atoms with Gasteiger partial charge in [0.25, 0.3) is 5.91 Å². The summed E-state index contributed by atoms with van der Waals surface area (Å²) in [6, 6.07) is 18.2. The van der Waals surface area contributed by atoms with Crippen LogP contribution in [0.25, 0.3) is 0 Å². The van der Waals surface area contributed by atoms with Crippen molar-refractivity contribution in [1.29, 1.82) is 0 Å². The van der Waals surface area contributed by atoms with Crippen molar-refractivity contribution in [3.63, 3.8) is 0 Å². The lowest BCUT2D eigenvalue weighted by atomic mass is 10.1. The number of nitrogens with one attached hydrogen (secondary N) is 1. The van der Waals surface area contributed by atoms with Crippen LogP contribution in [0.4, 0.5) is 5.69 Å². The molecule has 5 nitrogen and oxygen atoms in total. The molecule has 0 aliphatic heterocycles. The fourth-order valence-electron chi connectivity index (χ4n) is 2.54. The van der Waals surface area contributed by atoms with Crippen LogP contribution in [-0.2, 0) is 21.3 Å². The van der Waals surface area contributed by atoms with Gasteiger partial charge < -0.3 is 5.32 Å². The van der Waals surface area contributed by atoms with Gasteiger partial charge >= 0.3 is 0 Å². The summed E-state index contributed by atoms with van der Waals surface area (Å²) in [7, 11) is -3.09. The number of sulfone groups is 1. The SMILES string of the molecule is CS(=O)(=O)Cc1ccc(C(=O)Nc2ccc(SCc3cccnc3)cc2)cc1. The molecule has 1 heterocycles. The molecule has 0 aliphatic carbocycles. The van der Waals surface area contributed by atoms with Crippen molar-refractivity contribution in [2.24, 2.45) is 0 Å². The number of thioether (sulfide) groups is 1. The van der Waals surface area contributed by atoms with Crippen LogP contribution in [-0.4, -0.2) is 25.6 Å². The third-order valence-corrected chi connectivity index (χ3v) is 5.83. The van der Waals surface area contributed by atoms with Crippen LogP contribution in [0.1, 0.15) is 21.5 Å². The molecule has 0 bridgehead atoms. The van der Waals surface area contributed by atoms with E-state index in [0.29, 0.717) is 16.8 Å². The van der Waals surface area contributed by atoms with Crippen molar-refractivity contribution in [2.75, 3.05) is 11.6 Å². The number of carbonyl (C=O) groups is 1. The van der Waals surface area contributed by atoms with Gasteiger partial charge in [-0.3, -0.25) is 9.78 Å². The van der Waals surface area contributed by atoms with Crippen LogP contribution in [0.2, 0.25) is 0 Å². The number of nitrogens with zero attached hydrogens (tertiary/aromatic N) is 1. The number of anilines is 1. The Bertz CT molecular complexity index is 1030. The van der Waals surface area contributed by atoms with Crippen LogP contribution < -0.4 is 5.32 Å². The fraction of sp³-hybridized carbons (Fsp3) is 0.143. The minimum Gasteiger partial charge on any atom is -0.322 e. The first-order valence-electron chi connectivity index (χ1n) is 8.59. The van der Waals surface area contributed by atoms with E-state index in [0.717, 1.165) is 16.2 Å². The number of benzene rings is 2. The number of rotatable bonds is 7. The van der Waals surface area contributed by atoms with E-state index in [4.69, 9.17) is 0 Å². The van der Waals surface area contributed by atoms with Crippen LogP contribution in [0.15, 0.2) is 78.0 Å². The second kappa shape index (κ2) is 9.03. The Kier molecular flexibility index (Phi) is 6.49. The van der Waals surface area contributed by atoms with Crippen molar-refractivity contribution < 1.29 is 13.2 Å². The highest BCUT2D eigenvalue weighted by atomic mass is 32.2. The van der Waals surface area contributed by atoms with Gasteiger partial charge in [0.1, 0.15) is 0 Å². The standard InChI is InChI=1S/C21H20N2O3S2/c1-28(25,26)15-16-4-6-18(7-5-16)21(24)23-19-8-10-20(11-9-19)27-14-17-3-2-12-22-13-17/h2-13H,14-15H2,1H3,(H,23,24). The van der Waals surface area contributed by atoms with Gasteiger partial charge in [-0.1, -0.05) is 18.2 Å².